The van der Waals surface area contributed by atoms with Crippen LogP contribution < -0.4 is 5.43 Å². The van der Waals surface area contributed by atoms with Crippen LogP contribution in [0, 0.1) is 0 Å². The summed E-state index contributed by atoms with van der Waals surface area (Å²) in [5.74, 6) is -0.848. The van der Waals surface area contributed by atoms with E-state index in [1.165, 1.54) is 4.68 Å². The maximum atomic E-state index is 11.8. The van der Waals surface area contributed by atoms with Crippen molar-refractivity contribution in [2.75, 3.05) is 13.1 Å². The molecule has 6 nitrogen and oxygen atoms in total. The molecule has 0 aliphatic carbocycles. The molecule has 0 unspecified atom stereocenters. The first-order valence-corrected chi connectivity index (χ1v) is 4.73. The van der Waals surface area contributed by atoms with Crippen LogP contribution in [0.15, 0.2) is 11.0 Å². The second kappa shape index (κ2) is 3.38. The summed E-state index contributed by atoms with van der Waals surface area (Å²) in [6.45, 7) is 3.46. The van der Waals surface area contributed by atoms with Crippen molar-refractivity contribution in [1.82, 2.24) is 14.7 Å². The number of rotatable bonds is 1. The van der Waals surface area contributed by atoms with Crippen molar-refractivity contribution in [2.24, 2.45) is 0 Å². The van der Waals surface area contributed by atoms with Crippen molar-refractivity contribution in [2.45, 2.75) is 13.5 Å². The summed E-state index contributed by atoms with van der Waals surface area (Å²) in [6.07, 6.45) is 1.02. The minimum absolute atomic E-state index is 0.00407. The molecule has 80 valence electrons. The lowest BCUT2D eigenvalue weighted by molar-refractivity contribution is 0.0698. The molecule has 1 amide bonds. The Balaban J connectivity index is 2.59. The standard InChI is InChI=1S/C9H11N3O3/c1-2-11-3-4-12-7(9(11)15)8(14)6(13)5-10-12/h5,14H,2-4H2,1H3. The van der Waals surface area contributed by atoms with Gasteiger partial charge in [-0.25, -0.2) is 0 Å². The average Bonchev–Trinajstić information content (AvgIpc) is 2.24. The Kier molecular flexibility index (Phi) is 2.18. The fourth-order valence-corrected chi connectivity index (χ4v) is 1.63. The molecule has 1 N–H and O–H groups in total. The van der Waals surface area contributed by atoms with Crippen molar-refractivity contribution < 1.29 is 9.90 Å². The van der Waals surface area contributed by atoms with Crippen LogP contribution in [0.5, 0.6) is 5.75 Å². The Morgan fingerprint density at radius 1 is 1.47 bits per heavy atom. The minimum atomic E-state index is -0.618. The van der Waals surface area contributed by atoms with E-state index in [4.69, 9.17) is 0 Å². The lowest BCUT2D eigenvalue weighted by Crippen LogP contribution is -2.42. The number of aromatic hydroxyl groups is 1. The van der Waals surface area contributed by atoms with E-state index in [2.05, 4.69) is 5.10 Å². The lowest BCUT2D eigenvalue weighted by Gasteiger charge is -2.27. The molecule has 15 heavy (non-hydrogen) atoms. The molecule has 0 fully saturated rings. The fraction of sp³-hybridized carbons (Fsp3) is 0.444. The summed E-state index contributed by atoms with van der Waals surface area (Å²) >= 11 is 0. The van der Waals surface area contributed by atoms with E-state index in [0.29, 0.717) is 19.6 Å². The van der Waals surface area contributed by atoms with Crippen molar-refractivity contribution in [3.05, 3.63) is 22.1 Å². The van der Waals surface area contributed by atoms with Crippen LogP contribution in [-0.4, -0.2) is 38.8 Å². The number of nitrogens with zero attached hydrogens (tertiary/aromatic N) is 3. The number of aromatic nitrogens is 2. The Morgan fingerprint density at radius 3 is 2.87 bits per heavy atom. The van der Waals surface area contributed by atoms with Crippen LogP contribution in [-0.2, 0) is 6.54 Å². The number of hydrogen-bond acceptors (Lipinski definition) is 4. The van der Waals surface area contributed by atoms with E-state index in [9.17, 15) is 14.7 Å². The number of carbonyl (C=O) groups excluding carboxylic acids is 1. The third-order valence-corrected chi connectivity index (χ3v) is 2.48. The van der Waals surface area contributed by atoms with Gasteiger partial charge < -0.3 is 10.0 Å². The van der Waals surface area contributed by atoms with E-state index in [0.717, 1.165) is 6.20 Å². The van der Waals surface area contributed by atoms with E-state index >= 15 is 0 Å². The highest BCUT2D eigenvalue weighted by Gasteiger charge is 2.27. The first kappa shape index (κ1) is 9.70. The van der Waals surface area contributed by atoms with Gasteiger partial charge >= 0.3 is 0 Å². The Morgan fingerprint density at radius 2 is 2.20 bits per heavy atom. The highest BCUT2D eigenvalue weighted by atomic mass is 16.3. The zero-order chi connectivity index (χ0) is 11.0. The van der Waals surface area contributed by atoms with Crippen LogP contribution in [0.2, 0.25) is 0 Å². The van der Waals surface area contributed by atoms with E-state index < -0.39 is 11.2 Å². The molecule has 0 saturated carbocycles. The Labute approximate surface area is 85.7 Å². The molecule has 2 rings (SSSR count). The average molecular weight is 209 g/mol. The van der Waals surface area contributed by atoms with Crippen molar-refractivity contribution in [1.29, 1.82) is 0 Å². The summed E-state index contributed by atoms with van der Waals surface area (Å²) in [4.78, 5) is 24.5. The van der Waals surface area contributed by atoms with Gasteiger partial charge in [-0.2, -0.15) is 5.10 Å². The highest BCUT2D eigenvalue weighted by molar-refractivity contribution is 5.95. The van der Waals surface area contributed by atoms with Gasteiger partial charge in [0.25, 0.3) is 5.91 Å². The number of amides is 1. The second-order valence-electron chi connectivity index (χ2n) is 3.31. The minimum Gasteiger partial charge on any atom is -0.502 e. The molecule has 0 radical (unpaired) electrons. The van der Waals surface area contributed by atoms with Crippen molar-refractivity contribution >= 4 is 5.91 Å². The van der Waals surface area contributed by atoms with Crippen molar-refractivity contribution in [3.8, 4) is 5.75 Å². The van der Waals surface area contributed by atoms with Crippen LogP contribution in [0.3, 0.4) is 0 Å². The molecular formula is C9H11N3O3. The Bertz CT molecular complexity index is 466. The predicted molar refractivity (Wildman–Crippen MR) is 51.7 cm³/mol. The van der Waals surface area contributed by atoms with Crippen LogP contribution >= 0.6 is 0 Å². The smallest absolute Gasteiger partial charge is 0.276 e. The zero-order valence-corrected chi connectivity index (χ0v) is 8.30. The maximum absolute atomic E-state index is 11.8. The van der Waals surface area contributed by atoms with Crippen molar-refractivity contribution in [3.63, 3.8) is 0 Å². The molecule has 2 heterocycles. The van der Waals surface area contributed by atoms with Gasteiger partial charge in [-0.15, -0.1) is 0 Å². The number of hydrogen-bond donors (Lipinski definition) is 1. The summed E-state index contributed by atoms with van der Waals surface area (Å²) in [7, 11) is 0. The van der Waals surface area contributed by atoms with Gasteiger partial charge in [0.2, 0.25) is 5.43 Å². The van der Waals surface area contributed by atoms with Crippen LogP contribution in [0.1, 0.15) is 17.4 Å². The van der Waals surface area contributed by atoms with Gasteiger partial charge in [0, 0.05) is 13.1 Å². The molecule has 1 aromatic rings. The third-order valence-electron chi connectivity index (χ3n) is 2.48. The Hall–Kier alpha value is -1.85. The summed E-state index contributed by atoms with van der Waals surface area (Å²) < 4.78 is 1.37. The largest absolute Gasteiger partial charge is 0.502 e. The maximum Gasteiger partial charge on any atom is 0.276 e. The molecule has 1 aromatic heterocycles. The first-order valence-electron chi connectivity index (χ1n) is 4.73. The zero-order valence-electron chi connectivity index (χ0n) is 8.30. The summed E-state index contributed by atoms with van der Waals surface area (Å²) in [5.41, 5.74) is -0.622. The SMILES string of the molecule is CCN1CCn2ncc(=O)c(O)c2C1=O. The molecule has 1 aliphatic rings. The van der Waals surface area contributed by atoms with Gasteiger partial charge in [-0.1, -0.05) is 0 Å². The second-order valence-corrected chi connectivity index (χ2v) is 3.31. The molecule has 0 saturated heterocycles. The van der Waals surface area contributed by atoms with Gasteiger partial charge in [-0.05, 0) is 6.92 Å². The molecule has 0 bridgehead atoms. The first-order chi connectivity index (χ1) is 7.15. The normalized spacial score (nSPS) is 15.3. The number of fused-ring (bicyclic) bond motifs is 1. The van der Waals surface area contributed by atoms with Gasteiger partial charge in [0.1, 0.15) is 0 Å². The molecule has 6 heteroatoms. The molecule has 0 spiro atoms. The quantitative estimate of drug-likeness (QED) is 0.671. The molecular weight excluding hydrogens is 198 g/mol. The third kappa shape index (κ3) is 1.38. The molecule has 1 aliphatic heterocycles. The van der Waals surface area contributed by atoms with Gasteiger partial charge in [-0.3, -0.25) is 14.3 Å². The van der Waals surface area contributed by atoms with E-state index in [1.54, 1.807) is 4.90 Å². The topological polar surface area (TPSA) is 75.4 Å². The molecule has 0 atom stereocenters. The van der Waals surface area contributed by atoms with Crippen LogP contribution in [0.4, 0.5) is 0 Å². The number of likely N-dealkylation sites (N-methyl/N-ethyl adjacent to an activating group) is 1. The lowest BCUT2D eigenvalue weighted by atomic mass is 10.2. The van der Waals surface area contributed by atoms with E-state index in [1.807, 2.05) is 6.92 Å². The van der Waals surface area contributed by atoms with Crippen LogP contribution in [0.25, 0.3) is 0 Å². The molecule has 0 aromatic carbocycles. The highest BCUT2D eigenvalue weighted by Crippen LogP contribution is 2.16. The van der Waals surface area contributed by atoms with Gasteiger partial charge in [0.05, 0.1) is 12.7 Å². The number of carbonyl (C=O) groups is 1. The monoisotopic (exact) mass is 209 g/mol. The van der Waals surface area contributed by atoms with E-state index in [-0.39, 0.29) is 11.6 Å². The fourth-order valence-electron chi connectivity index (χ4n) is 1.63. The van der Waals surface area contributed by atoms with Gasteiger partial charge in [0.15, 0.2) is 11.4 Å². The predicted octanol–water partition coefficient (Wildman–Crippen LogP) is -0.575. The summed E-state index contributed by atoms with van der Waals surface area (Å²) in [6, 6.07) is 0. The summed E-state index contributed by atoms with van der Waals surface area (Å²) in [5, 5.41) is 13.3.